The number of rotatable bonds is 4. The molecule has 1 aliphatic rings. The summed E-state index contributed by atoms with van der Waals surface area (Å²) in [7, 11) is 0. The van der Waals surface area contributed by atoms with Crippen molar-refractivity contribution in [3.8, 4) is 0 Å². The third kappa shape index (κ3) is 3.78. The van der Waals surface area contributed by atoms with E-state index in [0.29, 0.717) is 0 Å². The molecule has 0 radical (unpaired) electrons. The lowest BCUT2D eigenvalue weighted by Gasteiger charge is -2.34. The molecule has 2 unspecified atom stereocenters. The molecule has 19 heavy (non-hydrogen) atoms. The number of nitrogens with two attached hydrogens (primary N) is 1. The zero-order chi connectivity index (χ0) is 13.8. The van der Waals surface area contributed by atoms with E-state index in [1.54, 1.807) is 0 Å². The lowest BCUT2D eigenvalue weighted by Crippen LogP contribution is -2.46. The van der Waals surface area contributed by atoms with Crippen LogP contribution in [0.2, 0.25) is 0 Å². The van der Waals surface area contributed by atoms with Crippen molar-refractivity contribution in [1.29, 1.82) is 0 Å². The highest BCUT2D eigenvalue weighted by Crippen LogP contribution is 2.21. The fourth-order valence-corrected chi connectivity index (χ4v) is 2.68. The van der Waals surface area contributed by atoms with Crippen molar-refractivity contribution in [3.05, 3.63) is 35.4 Å². The third-order valence-corrected chi connectivity index (χ3v) is 3.86. The largest absolute Gasteiger partial charge is 0.480 e. The summed E-state index contributed by atoms with van der Waals surface area (Å²) in [6.45, 7) is 4.76. The minimum absolute atomic E-state index is 0.0664. The van der Waals surface area contributed by atoms with E-state index in [4.69, 9.17) is 10.8 Å². The first kappa shape index (κ1) is 14.0. The number of carbonyl (C=O) groups is 1. The zero-order valence-corrected chi connectivity index (χ0v) is 11.4. The number of aliphatic carboxylic acids is 1. The van der Waals surface area contributed by atoms with Gasteiger partial charge < -0.3 is 10.8 Å². The van der Waals surface area contributed by atoms with Crippen molar-refractivity contribution in [2.45, 2.75) is 32.4 Å². The highest BCUT2D eigenvalue weighted by Gasteiger charge is 2.28. The van der Waals surface area contributed by atoms with E-state index in [9.17, 15) is 4.79 Å². The van der Waals surface area contributed by atoms with Crippen LogP contribution in [0.1, 0.15) is 24.0 Å². The third-order valence-electron chi connectivity index (χ3n) is 3.86. The summed E-state index contributed by atoms with van der Waals surface area (Å²) in [5, 5.41) is 9.00. The second-order valence-electron chi connectivity index (χ2n) is 5.49. The van der Waals surface area contributed by atoms with E-state index in [1.807, 2.05) is 0 Å². The molecule has 0 amide bonds. The first-order valence-electron chi connectivity index (χ1n) is 6.82. The number of hydrogen-bond donors (Lipinski definition) is 2. The number of likely N-dealkylation sites (tertiary alicyclic amines) is 1. The van der Waals surface area contributed by atoms with E-state index in [0.717, 1.165) is 32.5 Å². The molecule has 0 saturated carbocycles. The molecular weight excluding hydrogens is 240 g/mol. The van der Waals surface area contributed by atoms with Gasteiger partial charge in [0.25, 0.3) is 0 Å². The van der Waals surface area contributed by atoms with Crippen LogP contribution >= 0.6 is 0 Å². The van der Waals surface area contributed by atoms with Gasteiger partial charge in [-0.05, 0) is 37.8 Å². The van der Waals surface area contributed by atoms with Crippen LogP contribution < -0.4 is 5.73 Å². The van der Waals surface area contributed by atoms with Crippen LogP contribution in [0.4, 0.5) is 0 Å². The fraction of sp³-hybridized carbons (Fsp3) is 0.533. The molecular formula is C15H22N2O2. The quantitative estimate of drug-likeness (QED) is 0.865. The van der Waals surface area contributed by atoms with Crippen LogP contribution in [0.3, 0.4) is 0 Å². The molecule has 0 aliphatic carbocycles. The predicted octanol–water partition coefficient (Wildman–Crippen LogP) is 1.62. The highest BCUT2D eigenvalue weighted by atomic mass is 16.4. The van der Waals surface area contributed by atoms with E-state index >= 15 is 0 Å². The Morgan fingerprint density at radius 3 is 2.79 bits per heavy atom. The van der Waals surface area contributed by atoms with Crippen molar-refractivity contribution in [3.63, 3.8) is 0 Å². The molecule has 1 saturated heterocycles. The Kier molecular flexibility index (Phi) is 4.56. The minimum atomic E-state index is -0.887. The molecule has 0 aromatic heterocycles. The number of nitrogens with zero attached hydrogens (tertiary/aromatic N) is 1. The number of benzene rings is 1. The van der Waals surface area contributed by atoms with Gasteiger partial charge >= 0.3 is 5.97 Å². The zero-order valence-electron chi connectivity index (χ0n) is 11.4. The summed E-state index contributed by atoms with van der Waals surface area (Å²) in [5.41, 5.74) is 8.27. The second kappa shape index (κ2) is 6.17. The van der Waals surface area contributed by atoms with Crippen LogP contribution in [0.25, 0.3) is 0 Å². The van der Waals surface area contributed by atoms with Crippen LogP contribution in [0, 0.1) is 12.8 Å². The summed E-state index contributed by atoms with van der Waals surface area (Å²) in [5.74, 6) is -0.820. The van der Waals surface area contributed by atoms with Gasteiger partial charge in [-0.2, -0.15) is 0 Å². The Morgan fingerprint density at radius 2 is 2.16 bits per heavy atom. The Balaban J connectivity index is 1.94. The number of piperidine rings is 1. The Morgan fingerprint density at radius 1 is 1.47 bits per heavy atom. The lowest BCUT2D eigenvalue weighted by molar-refractivity contribution is -0.140. The van der Waals surface area contributed by atoms with Gasteiger partial charge in [-0.3, -0.25) is 9.69 Å². The number of hydrogen-bond acceptors (Lipinski definition) is 3. The lowest BCUT2D eigenvalue weighted by atomic mass is 9.91. The molecule has 104 valence electrons. The second-order valence-corrected chi connectivity index (χ2v) is 5.49. The monoisotopic (exact) mass is 262 g/mol. The first-order valence-corrected chi connectivity index (χ1v) is 6.82. The van der Waals surface area contributed by atoms with Crippen molar-refractivity contribution in [1.82, 2.24) is 4.90 Å². The van der Waals surface area contributed by atoms with Crippen molar-refractivity contribution < 1.29 is 9.90 Å². The van der Waals surface area contributed by atoms with E-state index in [-0.39, 0.29) is 5.92 Å². The Bertz CT molecular complexity index is 430. The summed E-state index contributed by atoms with van der Waals surface area (Å²) >= 11 is 0. The van der Waals surface area contributed by atoms with Gasteiger partial charge in [0.1, 0.15) is 6.04 Å². The normalized spacial score (nSPS) is 22.1. The maximum absolute atomic E-state index is 11.0. The van der Waals surface area contributed by atoms with Gasteiger partial charge in [0.2, 0.25) is 0 Å². The molecule has 4 heteroatoms. The van der Waals surface area contributed by atoms with Gasteiger partial charge in [0, 0.05) is 13.1 Å². The molecule has 4 nitrogen and oxygen atoms in total. The predicted molar refractivity (Wildman–Crippen MR) is 74.8 cm³/mol. The average Bonchev–Trinajstić information content (AvgIpc) is 2.41. The molecule has 1 heterocycles. The van der Waals surface area contributed by atoms with Gasteiger partial charge in [-0.1, -0.05) is 29.8 Å². The van der Waals surface area contributed by atoms with Crippen LogP contribution in [-0.4, -0.2) is 35.1 Å². The summed E-state index contributed by atoms with van der Waals surface area (Å²) in [4.78, 5) is 13.3. The van der Waals surface area contributed by atoms with Gasteiger partial charge in [0.15, 0.2) is 0 Å². The molecule has 1 fully saturated rings. The van der Waals surface area contributed by atoms with Crippen LogP contribution in [0.15, 0.2) is 24.3 Å². The topological polar surface area (TPSA) is 66.6 Å². The molecule has 0 bridgehead atoms. The van der Waals surface area contributed by atoms with Crippen LogP contribution in [-0.2, 0) is 11.3 Å². The first-order chi connectivity index (χ1) is 9.06. The summed E-state index contributed by atoms with van der Waals surface area (Å²) < 4.78 is 0. The van der Waals surface area contributed by atoms with Gasteiger partial charge in [0.05, 0.1) is 0 Å². The van der Waals surface area contributed by atoms with Crippen LogP contribution in [0.5, 0.6) is 0 Å². The average molecular weight is 262 g/mol. The summed E-state index contributed by atoms with van der Waals surface area (Å²) in [6.07, 6.45) is 1.94. The standard InChI is InChI=1S/C15H22N2O2/c1-11-4-6-12(7-5-11)9-17-8-2-3-13(10-17)14(16)15(18)19/h4-7,13-14H,2-3,8-10,16H2,1H3,(H,18,19). The van der Waals surface area contributed by atoms with Gasteiger partial charge in [-0.15, -0.1) is 0 Å². The van der Waals surface area contributed by atoms with Crippen molar-refractivity contribution in [2.24, 2.45) is 11.7 Å². The maximum Gasteiger partial charge on any atom is 0.320 e. The molecule has 1 aromatic carbocycles. The van der Waals surface area contributed by atoms with E-state index in [1.165, 1.54) is 11.1 Å². The van der Waals surface area contributed by atoms with E-state index < -0.39 is 12.0 Å². The fourth-order valence-electron chi connectivity index (χ4n) is 2.68. The maximum atomic E-state index is 11.0. The molecule has 3 N–H and O–H groups in total. The molecule has 2 rings (SSSR count). The van der Waals surface area contributed by atoms with Gasteiger partial charge in [-0.25, -0.2) is 0 Å². The molecule has 1 aliphatic heterocycles. The molecule has 0 spiro atoms. The van der Waals surface area contributed by atoms with E-state index in [2.05, 4.69) is 36.1 Å². The van der Waals surface area contributed by atoms with Crippen molar-refractivity contribution >= 4 is 5.97 Å². The summed E-state index contributed by atoms with van der Waals surface area (Å²) in [6, 6.07) is 7.76. The van der Waals surface area contributed by atoms with Crippen molar-refractivity contribution in [2.75, 3.05) is 13.1 Å². The molecule has 2 atom stereocenters. The molecule has 1 aromatic rings. The Labute approximate surface area is 114 Å². The number of aryl methyl sites for hydroxylation is 1. The number of carboxylic acids is 1. The SMILES string of the molecule is Cc1ccc(CN2CCCC(C(N)C(=O)O)C2)cc1. The minimum Gasteiger partial charge on any atom is -0.480 e. The Hall–Kier alpha value is -1.39. The smallest absolute Gasteiger partial charge is 0.320 e. The number of carboxylic acid groups (broad SMARTS) is 1. The highest BCUT2D eigenvalue weighted by molar-refractivity contribution is 5.73.